The van der Waals surface area contributed by atoms with Gasteiger partial charge in [-0.15, -0.1) is 0 Å². The molecule has 1 aliphatic rings. The van der Waals surface area contributed by atoms with Crippen LogP contribution in [0.15, 0.2) is 96.9 Å². The van der Waals surface area contributed by atoms with Gasteiger partial charge in [0.25, 0.3) is 0 Å². The summed E-state index contributed by atoms with van der Waals surface area (Å²) in [6.45, 7) is 8.15. The molecule has 3 heteroatoms. The first-order valence-electron chi connectivity index (χ1n) is 9.15. The Hall–Kier alpha value is -3.04. The Bertz CT molecular complexity index is 879. The van der Waals surface area contributed by atoms with E-state index in [2.05, 4.69) is 36.3 Å². The molecular weight excluding hydrogens is 332 g/mol. The van der Waals surface area contributed by atoms with Crippen molar-refractivity contribution in [3.8, 4) is 0 Å². The first-order chi connectivity index (χ1) is 13.0. The summed E-state index contributed by atoms with van der Waals surface area (Å²) in [5.74, 6) is 0. The van der Waals surface area contributed by atoms with Crippen LogP contribution in [0.5, 0.6) is 0 Å². The van der Waals surface area contributed by atoms with E-state index in [0.717, 1.165) is 33.5 Å². The number of rotatable bonds is 6. The van der Waals surface area contributed by atoms with Gasteiger partial charge in [0.2, 0.25) is 0 Å². The predicted octanol–water partition coefficient (Wildman–Crippen LogP) is 4.47. The minimum atomic E-state index is -0.802. The number of nitrogens with one attached hydrogen (secondary N) is 2. The second kappa shape index (κ2) is 8.56. The van der Waals surface area contributed by atoms with Gasteiger partial charge in [-0.3, -0.25) is 0 Å². The molecule has 0 aromatic heterocycles. The number of aliphatic hydroxyl groups is 1. The highest BCUT2D eigenvalue weighted by molar-refractivity contribution is 5.74. The summed E-state index contributed by atoms with van der Waals surface area (Å²) >= 11 is 0. The summed E-state index contributed by atoms with van der Waals surface area (Å²) in [6.07, 6.45) is 5.06. The Kier molecular flexibility index (Phi) is 5.94. The Balaban J connectivity index is 1.72. The number of aliphatic hydroxyl groups excluding tert-OH is 1. The molecule has 138 valence electrons. The average molecular weight is 358 g/mol. The number of dihydropyridines is 1. The Morgan fingerprint density at radius 1 is 1.11 bits per heavy atom. The fraction of sp³-hybridized carbons (Fsp3) is 0.167. The monoisotopic (exact) mass is 358 g/mol. The fourth-order valence-corrected chi connectivity index (χ4v) is 3.12. The third kappa shape index (κ3) is 4.78. The molecule has 27 heavy (non-hydrogen) atoms. The maximum absolute atomic E-state index is 10.6. The van der Waals surface area contributed by atoms with Crippen LogP contribution in [0.1, 0.15) is 25.0 Å². The van der Waals surface area contributed by atoms with E-state index in [4.69, 9.17) is 0 Å². The van der Waals surface area contributed by atoms with Crippen molar-refractivity contribution in [2.75, 3.05) is 0 Å². The van der Waals surface area contributed by atoms with Crippen molar-refractivity contribution in [2.45, 2.75) is 26.1 Å². The lowest BCUT2D eigenvalue weighted by Crippen LogP contribution is -2.34. The largest absolute Gasteiger partial charge is 0.384 e. The zero-order valence-corrected chi connectivity index (χ0v) is 15.8. The molecule has 3 rings (SSSR count). The van der Waals surface area contributed by atoms with Crippen LogP contribution >= 0.6 is 0 Å². The SMILES string of the molecule is C=C(/C=C(\C)NC(O)C1=CNC(C)C(c2ccccc2)=C1)c1ccccc1. The molecule has 3 N–H and O–H groups in total. The maximum Gasteiger partial charge on any atom is 0.151 e. The minimum absolute atomic E-state index is 0.192. The first kappa shape index (κ1) is 18.7. The molecule has 2 unspecified atom stereocenters. The second-order valence-corrected chi connectivity index (χ2v) is 6.76. The van der Waals surface area contributed by atoms with E-state index < -0.39 is 6.23 Å². The van der Waals surface area contributed by atoms with Crippen LogP contribution < -0.4 is 10.6 Å². The quantitative estimate of drug-likeness (QED) is 0.527. The van der Waals surface area contributed by atoms with E-state index in [9.17, 15) is 5.11 Å². The minimum Gasteiger partial charge on any atom is -0.384 e. The van der Waals surface area contributed by atoms with E-state index in [1.807, 2.05) is 73.8 Å². The highest BCUT2D eigenvalue weighted by Gasteiger charge is 2.18. The van der Waals surface area contributed by atoms with Crippen molar-refractivity contribution >= 4 is 11.1 Å². The smallest absolute Gasteiger partial charge is 0.151 e. The van der Waals surface area contributed by atoms with E-state index in [1.54, 1.807) is 0 Å². The summed E-state index contributed by atoms with van der Waals surface area (Å²) in [5, 5.41) is 17.1. The van der Waals surface area contributed by atoms with Gasteiger partial charge in [-0.1, -0.05) is 67.2 Å². The molecule has 0 amide bonds. The lowest BCUT2D eigenvalue weighted by atomic mass is 9.94. The van der Waals surface area contributed by atoms with Gasteiger partial charge in [-0.05, 0) is 48.3 Å². The molecule has 1 aliphatic heterocycles. The number of hydrogen-bond acceptors (Lipinski definition) is 3. The van der Waals surface area contributed by atoms with Crippen molar-refractivity contribution < 1.29 is 5.11 Å². The third-order valence-electron chi connectivity index (χ3n) is 4.61. The lowest BCUT2D eigenvalue weighted by molar-refractivity contribution is 0.188. The van der Waals surface area contributed by atoms with Crippen molar-refractivity contribution in [1.82, 2.24) is 10.6 Å². The van der Waals surface area contributed by atoms with Crippen LogP contribution in [-0.2, 0) is 0 Å². The Morgan fingerprint density at radius 3 is 2.41 bits per heavy atom. The predicted molar refractivity (Wildman–Crippen MR) is 113 cm³/mol. The molecule has 3 nitrogen and oxygen atoms in total. The van der Waals surface area contributed by atoms with Gasteiger partial charge < -0.3 is 15.7 Å². The summed E-state index contributed by atoms with van der Waals surface area (Å²) in [4.78, 5) is 0. The van der Waals surface area contributed by atoms with E-state index in [1.165, 1.54) is 0 Å². The number of hydrogen-bond donors (Lipinski definition) is 3. The van der Waals surface area contributed by atoms with Crippen LogP contribution in [0.3, 0.4) is 0 Å². The van der Waals surface area contributed by atoms with Gasteiger partial charge in [-0.25, -0.2) is 0 Å². The maximum atomic E-state index is 10.6. The summed E-state index contributed by atoms with van der Waals surface area (Å²) < 4.78 is 0. The van der Waals surface area contributed by atoms with Gasteiger partial charge in [0.15, 0.2) is 6.23 Å². The van der Waals surface area contributed by atoms with Crippen molar-refractivity contribution in [2.24, 2.45) is 0 Å². The Labute approximate surface area is 161 Å². The Morgan fingerprint density at radius 2 is 1.74 bits per heavy atom. The zero-order chi connectivity index (χ0) is 19.2. The van der Waals surface area contributed by atoms with Crippen molar-refractivity contribution in [3.63, 3.8) is 0 Å². The first-order valence-corrected chi connectivity index (χ1v) is 9.15. The molecule has 2 aromatic rings. The lowest BCUT2D eigenvalue weighted by Gasteiger charge is -2.26. The van der Waals surface area contributed by atoms with E-state index in [-0.39, 0.29) is 6.04 Å². The van der Waals surface area contributed by atoms with Crippen LogP contribution in [0.4, 0.5) is 0 Å². The number of benzene rings is 2. The highest BCUT2D eigenvalue weighted by atomic mass is 16.3. The number of allylic oxidation sites excluding steroid dienone is 3. The zero-order valence-electron chi connectivity index (χ0n) is 15.8. The summed E-state index contributed by atoms with van der Waals surface area (Å²) in [5.41, 5.74) is 5.92. The topological polar surface area (TPSA) is 44.3 Å². The highest BCUT2D eigenvalue weighted by Crippen LogP contribution is 2.24. The fourth-order valence-electron chi connectivity index (χ4n) is 3.12. The van der Waals surface area contributed by atoms with Crippen molar-refractivity contribution in [1.29, 1.82) is 0 Å². The standard InChI is InChI=1S/C24H26N2O/c1-17(20-10-6-4-7-11-20)14-18(2)26-24(27)22-15-23(19(3)25-16-22)21-12-8-5-9-13-21/h4-16,19,24-27H,1H2,2-3H3/b18-14+. The summed E-state index contributed by atoms with van der Waals surface area (Å²) in [6, 6.07) is 20.4. The molecule has 0 spiro atoms. The molecule has 0 fully saturated rings. The van der Waals surface area contributed by atoms with Gasteiger partial charge in [0, 0.05) is 23.5 Å². The van der Waals surface area contributed by atoms with Crippen LogP contribution in [0.25, 0.3) is 11.1 Å². The van der Waals surface area contributed by atoms with E-state index in [0.29, 0.717) is 0 Å². The van der Waals surface area contributed by atoms with Gasteiger partial charge in [0.05, 0.1) is 0 Å². The molecule has 0 radical (unpaired) electrons. The van der Waals surface area contributed by atoms with Gasteiger partial charge in [-0.2, -0.15) is 0 Å². The van der Waals surface area contributed by atoms with Crippen LogP contribution in [0.2, 0.25) is 0 Å². The van der Waals surface area contributed by atoms with Crippen LogP contribution in [-0.4, -0.2) is 17.4 Å². The molecule has 1 heterocycles. The average Bonchev–Trinajstić information content (AvgIpc) is 2.69. The molecule has 0 aliphatic carbocycles. The van der Waals surface area contributed by atoms with E-state index >= 15 is 0 Å². The molecule has 2 atom stereocenters. The third-order valence-corrected chi connectivity index (χ3v) is 4.61. The van der Waals surface area contributed by atoms with Gasteiger partial charge >= 0.3 is 0 Å². The molecule has 2 aromatic carbocycles. The molecule has 0 bridgehead atoms. The molecule has 0 saturated heterocycles. The molecular formula is C24H26N2O. The van der Waals surface area contributed by atoms with Crippen molar-refractivity contribution in [3.05, 3.63) is 108 Å². The normalized spacial score (nSPS) is 18.0. The van der Waals surface area contributed by atoms with Crippen LogP contribution in [0, 0.1) is 0 Å². The summed E-state index contributed by atoms with van der Waals surface area (Å²) in [7, 11) is 0. The molecule has 0 saturated carbocycles. The van der Waals surface area contributed by atoms with Gasteiger partial charge in [0.1, 0.15) is 0 Å². The second-order valence-electron chi connectivity index (χ2n) is 6.76.